The molecule has 0 atom stereocenters. The van der Waals surface area contributed by atoms with Crippen molar-refractivity contribution >= 4 is 5.69 Å². The van der Waals surface area contributed by atoms with Crippen molar-refractivity contribution in [3.05, 3.63) is 30.2 Å². The molecule has 0 radical (unpaired) electrons. The van der Waals surface area contributed by atoms with Gasteiger partial charge in [-0.05, 0) is 43.7 Å². The fourth-order valence-corrected chi connectivity index (χ4v) is 2.70. The molecule has 0 aliphatic heterocycles. The molecule has 0 saturated heterocycles. The van der Waals surface area contributed by atoms with Gasteiger partial charge in [0.15, 0.2) is 0 Å². The Morgan fingerprint density at radius 3 is 2.74 bits per heavy atom. The number of rotatable bonds is 2. The summed E-state index contributed by atoms with van der Waals surface area (Å²) in [6, 6.07) is 7.58. The third-order valence-electron chi connectivity index (χ3n) is 3.95. The van der Waals surface area contributed by atoms with Gasteiger partial charge in [0.1, 0.15) is 0 Å². The average Bonchev–Trinajstić information content (AvgIpc) is 2.89. The van der Waals surface area contributed by atoms with Gasteiger partial charge in [0, 0.05) is 17.2 Å². The summed E-state index contributed by atoms with van der Waals surface area (Å²) in [5.41, 5.74) is 7.41. The second kappa shape index (κ2) is 5.03. The maximum absolute atomic E-state index is 5.77. The van der Waals surface area contributed by atoms with Gasteiger partial charge in [0.2, 0.25) is 11.7 Å². The summed E-state index contributed by atoms with van der Waals surface area (Å²) in [5, 5.41) is 4.08. The molecule has 2 N–H and O–H groups in total. The first-order chi connectivity index (χ1) is 9.22. The van der Waals surface area contributed by atoms with Crippen LogP contribution in [0.5, 0.6) is 0 Å². The zero-order valence-corrected chi connectivity index (χ0v) is 11.2. The highest BCUT2D eigenvalue weighted by Gasteiger charge is 2.24. The summed E-state index contributed by atoms with van der Waals surface area (Å²) in [6.45, 7) is 2.31. The largest absolute Gasteiger partial charge is 0.399 e. The highest BCUT2D eigenvalue weighted by atomic mass is 16.5. The molecule has 2 aromatic rings. The van der Waals surface area contributed by atoms with E-state index >= 15 is 0 Å². The number of benzene rings is 1. The quantitative estimate of drug-likeness (QED) is 0.835. The van der Waals surface area contributed by atoms with Crippen LogP contribution < -0.4 is 5.73 Å². The predicted molar refractivity (Wildman–Crippen MR) is 74.5 cm³/mol. The summed E-state index contributed by atoms with van der Waals surface area (Å²) in [6.07, 6.45) is 4.81. The van der Waals surface area contributed by atoms with Crippen LogP contribution in [0.1, 0.15) is 44.4 Å². The van der Waals surface area contributed by atoms with Crippen LogP contribution in [0.15, 0.2) is 28.8 Å². The van der Waals surface area contributed by atoms with Gasteiger partial charge in [0.25, 0.3) is 0 Å². The van der Waals surface area contributed by atoms with E-state index in [1.165, 1.54) is 12.8 Å². The molecule has 4 nitrogen and oxygen atoms in total. The molecule has 1 aromatic carbocycles. The Morgan fingerprint density at radius 1 is 1.21 bits per heavy atom. The summed E-state index contributed by atoms with van der Waals surface area (Å²) < 4.78 is 5.43. The van der Waals surface area contributed by atoms with Crippen LogP contribution >= 0.6 is 0 Å². The number of nitrogens with zero attached hydrogens (tertiary/aromatic N) is 2. The molecular formula is C15H19N3O. The average molecular weight is 257 g/mol. The lowest BCUT2D eigenvalue weighted by Gasteiger charge is -2.23. The van der Waals surface area contributed by atoms with Crippen LogP contribution in [0.4, 0.5) is 5.69 Å². The lowest BCUT2D eigenvalue weighted by Crippen LogP contribution is -2.11. The molecule has 3 rings (SSSR count). The summed E-state index contributed by atoms with van der Waals surface area (Å²) in [5.74, 6) is 2.68. The Labute approximate surface area is 113 Å². The summed E-state index contributed by atoms with van der Waals surface area (Å²) in [4.78, 5) is 4.54. The lowest BCUT2D eigenvalue weighted by atomic mass is 9.83. The van der Waals surface area contributed by atoms with Crippen molar-refractivity contribution in [2.45, 2.75) is 38.5 Å². The smallest absolute Gasteiger partial charge is 0.230 e. The third kappa shape index (κ3) is 2.62. The van der Waals surface area contributed by atoms with Crippen LogP contribution in [-0.4, -0.2) is 10.1 Å². The standard InChI is InChI=1S/C15H19N3O/c1-10-5-7-11(8-6-10)15-17-14(18-19-15)12-3-2-4-13(16)9-12/h2-4,9-11H,5-8,16H2,1H3. The second-order valence-corrected chi connectivity index (χ2v) is 5.54. The zero-order chi connectivity index (χ0) is 13.2. The molecule has 1 aromatic heterocycles. The van der Waals surface area contributed by atoms with Crippen molar-refractivity contribution < 1.29 is 4.52 Å². The monoisotopic (exact) mass is 257 g/mol. The number of hydrogen-bond donors (Lipinski definition) is 1. The van der Waals surface area contributed by atoms with E-state index in [-0.39, 0.29) is 0 Å². The topological polar surface area (TPSA) is 64.9 Å². The zero-order valence-electron chi connectivity index (χ0n) is 11.2. The van der Waals surface area contributed by atoms with Gasteiger partial charge in [-0.2, -0.15) is 4.98 Å². The number of nitrogens with two attached hydrogens (primary N) is 1. The van der Waals surface area contributed by atoms with Crippen molar-refractivity contribution in [1.29, 1.82) is 0 Å². The van der Waals surface area contributed by atoms with Crippen molar-refractivity contribution in [3.63, 3.8) is 0 Å². The molecular weight excluding hydrogens is 238 g/mol. The van der Waals surface area contributed by atoms with E-state index in [4.69, 9.17) is 10.3 Å². The van der Waals surface area contributed by atoms with Crippen LogP contribution in [0, 0.1) is 5.92 Å². The number of nitrogen functional groups attached to an aromatic ring is 1. The number of anilines is 1. The highest BCUT2D eigenvalue weighted by Crippen LogP contribution is 2.35. The van der Waals surface area contributed by atoms with Crippen molar-refractivity contribution in [1.82, 2.24) is 10.1 Å². The molecule has 0 unspecified atom stereocenters. The first-order valence-electron chi connectivity index (χ1n) is 6.92. The minimum absolute atomic E-state index is 0.429. The Bertz CT molecular complexity index is 556. The predicted octanol–water partition coefficient (Wildman–Crippen LogP) is 3.61. The van der Waals surface area contributed by atoms with Gasteiger partial charge in [-0.3, -0.25) is 0 Å². The van der Waals surface area contributed by atoms with E-state index in [9.17, 15) is 0 Å². The SMILES string of the molecule is CC1CCC(c2nc(-c3cccc(N)c3)no2)CC1. The number of hydrogen-bond acceptors (Lipinski definition) is 4. The molecule has 1 saturated carbocycles. The van der Waals surface area contributed by atoms with Gasteiger partial charge < -0.3 is 10.3 Å². The van der Waals surface area contributed by atoms with Crippen molar-refractivity contribution in [2.75, 3.05) is 5.73 Å². The van der Waals surface area contributed by atoms with E-state index in [1.54, 1.807) is 0 Å². The molecule has 0 bridgehead atoms. The summed E-state index contributed by atoms with van der Waals surface area (Å²) in [7, 11) is 0. The molecule has 1 aliphatic carbocycles. The van der Waals surface area contributed by atoms with Gasteiger partial charge in [-0.25, -0.2) is 0 Å². The van der Waals surface area contributed by atoms with Crippen molar-refractivity contribution in [3.8, 4) is 11.4 Å². The maximum atomic E-state index is 5.77. The van der Waals surface area contributed by atoms with Gasteiger partial charge >= 0.3 is 0 Å². The Kier molecular flexibility index (Phi) is 3.23. The van der Waals surface area contributed by atoms with E-state index in [0.717, 1.165) is 35.9 Å². The molecule has 19 heavy (non-hydrogen) atoms. The first-order valence-corrected chi connectivity index (χ1v) is 6.92. The van der Waals surface area contributed by atoms with Crippen LogP contribution in [0.2, 0.25) is 0 Å². The molecule has 100 valence electrons. The van der Waals surface area contributed by atoms with Gasteiger partial charge in [-0.1, -0.05) is 24.2 Å². The Morgan fingerprint density at radius 2 is 2.00 bits per heavy atom. The molecule has 1 aliphatic rings. The van der Waals surface area contributed by atoms with E-state index in [0.29, 0.717) is 11.7 Å². The fraction of sp³-hybridized carbons (Fsp3) is 0.467. The molecule has 4 heteroatoms. The molecule has 1 heterocycles. The first kappa shape index (κ1) is 12.2. The van der Waals surface area contributed by atoms with Gasteiger partial charge in [-0.15, -0.1) is 0 Å². The van der Waals surface area contributed by atoms with E-state index in [1.807, 2.05) is 24.3 Å². The fourth-order valence-electron chi connectivity index (χ4n) is 2.70. The third-order valence-corrected chi connectivity index (χ3v) is 3.95. The van der Waals surface area contributed by atoms with Crippen LogP contribution in [-0.2, 0) is 0 Å². The molecule has 0 spiro atoms. The van der Waals surface area contributed by atoms with E-state index < -0.39 is 0 Å². The van der Waals surface area contributed by atoms with Crippen LogP contribution in [0.25, 0.3) is 11.4 Å². The second-order valence-electron chi connectivity index (χ2n) is 5.54. The minimum atomic E-state index is 0.429. The number of aromatic nitrogens is 2. The molecule has 1 fully saturated rings. The Balaban J connectivity index is 1.80. The lowest BCUT2D eigenvalue weighted by molar-refractivity contribution is 0.281. The summed E-state index contributed by atoms with van der Waals surface area (Å²) >= 11 is 0. The van der Waals surface area contributed by atoms with Crippen LogP contribution in [0.3, 0.4) is 0 Å². The van der Waals surface area contributed by atoms with Gasteiger partial charge in [0.05, 0.1) is 0 Å². The minimum Gasteiger partial charge on any atom is -0.399 e. The molecule has 0 amide bonds. The Hall–Kier alpha value is -1.84. The van der Waals surface area contributed by atoms with E-state index in [2.05, 4.69) is 17.1 Å². The van der Waals surface area contributed by atoms with Crippen molar-refractivity contribution in [2.24, 2.45) is 5.92 Å². The normalized spacial score (nSPS) is 23.4. The highest BCUT2D eigenvalue weighted by molar-refractivity contribution is 5.60. The maximum Gasteiger partial charge on any atom is 0.230 e.